The van der Waals surface area contributed by atoms with Gasteiger partial charge in [0.1, 0.15) is 12.4 Å². The zero-order valence-electron chi connectivity index (χ0n) is 8.44. The predicted molar refractivity (Wildman–Crippen MR) is 52.4 cm³/mol. The molecule has 1 aliphatic rings. The first-order valence-electron chi connectivity index (χ1n) is 4.76. The van der Waals surface area contributed by atoms with Gasteiger partial charge in [-0.25, -0.2) is 9.78 Å². The molecule has 0 unspecified atom stereocenters. The van der Waals surface area contributed by atoms with E-state index < -0.39 is 12.0 Å². The zero-order chi connectivity index (χ0) is 11.5. The molecule has 1 aromatic heterocycles. The van der Waals surface area contributed by atoms with Crippen molar-refractivity contribution >= 4 is 5.95 Å². The molecule has 1 aromatic rings. The lowest BCUT2D eigenvalue weighted by Gasteiger charge is -2.10. The first kappa shape index (κ1) is 11.0. The van der Waals surface area contributed by atoms with E-state index in [2.05, 4.69) is 9.97 Å². The Kier molecular flexibility index (Phi) is 3.13. The second kappa shape index (κ2) is 4.56. The van der Waals surface area contributed by atoms with E-state index in [-0.39, 0.29) is 25.2 Å². The van der Waals surface area contributed by atoms with Crippen LogP contribution in [-0.2, 0) is 16.0 Å². The van der Waals surface area contributed by atoms with Crippen LogP contribution in [0.2, 0.25) is 0 Å². The van der Waals surface area contributed by atoms with Crippen LogP contribution >= 0.6 is 0 Å². The monoisotopic (exact) mass is 228 g/mol. The normalized spacial score (nSPS) is 24.8. The van der Waals surface area contributed by atoms with E-state index in [4.69, 9.17) is 20.3 Å². The molecule has 0 aromatic carbocycles. The van der Waals surface area contributed by atoms with Crippen molar-refractivity contribution in [3.05, 3.63) is 16.8 Å². The molecule has 0 saturated carbocycles. The molecule has 2 heterocycles. The summed E-state index contributed by atoms with van der Waals surface area (Å²) in [5, 5.41) is 8.78. The molecule has 8 nitrogen and oxygen atoms in total. The van der Waals surface area contributed by atoms with Gasteiger partial charge in [-0.15, -0.1) is 0 Å². The lowest BCUT2D eigenvalue weighted by atomic mass is 10.4. The van der Waals surface area contributed by atoms with Crippen LogP contribution in [0.3, 0.4) is 0 Å². The molecule has 0 spiro atoms. The van der Waals surface area contributed by atoms with Crippen LogP contribution in [-0.4, -0.2) is 45.2 Å². The lowest BCUT2D eigenvalue weighted by molar-refractivity contribution is -0.0893. The largest absolute Gasteiger partial charge is 0.391 e. The van der Waals surface area contributed by atoms with E-state index in [1.54, 1.807) is 0 Å². The fraction of sp³-hybridized carbons (Fsp3) is 0.625. The molecule has 2 atom stereocenters. The summed E-state index contributed by atoms with van der Waals surface area (Å²) in [5.74, 6) is -0.0573. The molecule has 3 N–H and O–H groups in total. The highest BCUT2D eigenvalue weighted by Gasteiger charge is 2.25. The SMILES string of the molecule is Nc1ncn(C[C@@H]2CO[C@H](CO)O2)c(=O)n1. The van der Waals surface area contributed by atoms with E-state index in [0.717, 1.165) is 0 Å². The molecule has 1 fully saturated rings. The molecule has 16 heavy (non-hydrogen) atoms. The Bertz CT molecular complexity index is 421. The third kappa shape index (κ3) is 2.35. The molecule has 1 aliphatic heterocycles. The van der Waals surface area contributed by atoms with Gasteiger partial charge in [-0.3, -0.25) is 4.57 Å². The number of nitrogens with two attached hydrogens (primary N) is 1. The predicted octanol–water partition coefficient (Wildman–Crippen LogP) is -2.05. The van der Waals surface area contributed by atoms with E-state index in [0.29, 0.717) is 6.61 Å². The van der Waals surface area contributed by atoms with Crippen LogP contribution in [0.15, 0.2) is 11.1 Å². The van der Waals surface area contributed by atoms with Crippen LogP contribution in [0.5, 0.6) is 0 Å². The van der Waals surface area contributed by atoms with Crippen molar-refractivity contribution in [3.63, 3.8) is 0 Å². The summed E-state index contributed by atoms with van der Waals surface area (Å²) in [7, 11) is 0. The molecule has 1 saturated heterocycles. The number of rotatable bonds is 3. The molecule has 2 rings (SSSR count). The van der Waals surface area contributed by atoms with Gasteiger partial charge in [0.25, 0.3) is 0 Å². The highest BCUT2D eigenvalue weighted by Crippen LogP contribution is 2.11. The van der Waals surface area contributed by atoms with Crippen molar-refractivity contribution in [2.75, 3.05) is 18.9 Å². The van der Waals surface area contributed by atoms with Crippen molar-refractivity contribution in [3.8, 4) is 0 Å². The minimum Gasteiger partial charge on any atom is -0.391 e. The third-order valence-electron chi connectivity index (χ3n) is 2.15. The molecular weight excluding hydrogens is 216 g/mol. The molecule has 8 heteroatoms. The smallest absolute Gasteiger partial charge is 0.352 e. The summed E-state index contributed by atoms with van der Waals surface area (Å²) < 4.78 is 11.7. The Morgan fingerprint density at radius 3 is 3.12 bits per heavy atom. The van der Waals surface area contributed by atoms with Crippen LogP contribution in [0, 0.1) is 0 Å². The quantitative estimate of drug-likeness (QED) is 0.612. The van der Waals surface area contributed by atoms with Gasteiger partial charge in [-0.2, -0.15) is 4.98 Å². The molecule has 0 radical (unpaired) electrons. The summed E-state index contributed by atoms with van der Waals surface area (Å²) in [5.41, 5.74) is 4.77. The van der Waals surface area contributed by atoms with E-state index in [1.165, 1.54) is 10.9 Å². The fourth-order valence-electron chi connectivity index (χ4n) is 1.41. The van der Waals surface area contributed by atoms with Gasteiger partial charge in [0.05, 0.1) is 19.8 Å². The van der Waals surface area contributed by atoms with Crippen LogP contribution in [0.4, 0.5) is 5.95 Å². The zero-order valence-corrected chi connectivity index (χ0v) is 8.44. The minimum absolute atomic E-state index is 0.0573. The van der Waals surface area contributed by atoms with Crippen molar-refractivity contribution in [2.45, 2.75) is 18.9 Å². The van der Waals surface area contributed by atoms with Crippen molar-refractivity contribution in [2.24, 2.45) is 0 Å². The van der Waals surface area contributed by atoms with Crippen LogP contribution in [0.1, 0.15) is 0 Å². The molecule has 0 aliphatic carbocycles. The van der Waals surface area contributed by atoms with E-state index >= 15 is 0 Å². The number of aromatic nitrogens is 3. The van der Waals surface area contributed by atoms with Gasteiger partial charge < -0.3 is 20.3 Å². The van der Waals surface area contributed by atoms with Crippen molar-refractivity contribution in [1.29, 1.82) is 0 Å². The summed E-state index contributed by atoms with van der Waals surface area (Å²) in [6.45, 7) is 0.390. The number of aliphatic hydroxyl groups is 1. The maximum absolute atomic E-state index is 11.4. The van der Waals surface area contributed by atoms with Gasteiger partial charge in [-0.1, -0.05) is 0 Å². The topological polar surface area (TPSA) is 112 Å². The number of hydrogen-bond donors (Lipinski definition) is 2. The van der Waals surface area contributed by atoms with Gasteiger partial charge in [0, 0.05) is 0 Å². The molecule has 0 bridgehead atoms. The average molecular weight is 228 g/mol. The number of nitrogen functional groups attached to an aromatic ring is 1. The number of aliphatic hydroxyl groups excluding tert-OH is 1. The van der Waals surface area contributed by atoms with E-state index in [9.17, 15) is 4.79 Å². The molecule has 88 valence electrons. The van der Waals surface area contributed by atoms with Crippen molar-refractivity contribution < 1.29 is 14.6 Å². The summed E-state index contributed by atoms with van der Waals surface area (Å²) in [6.07, 6.45) is 0.401. The number of anilines is 1. The highest BCUT2D eigenvalue weighted by atomic mass is 16.7. The Morgan fingerprint density at radius 1 is 1.69 bits per heavy atom. The van der Waals surface area contributed by atoms with E-state index in [1.807, 2.05) is 0 Å². The van der Waals surface area contributed by atoms with Gasteiger partial charge in [-0.05, 0) is 0 Å². The maximum atomic E-state index is 11.4. The summed E-state index contributed by atoms with van der Waals surface area (Å²) in [6, 6.07) is 0. The van der Waals surface area contributed by atoms with Crippen LogP contribution < -0.4 is 11.4 Å². The summed E-state index contributed by atoms with van der Waals surface area (Å²) >= 11 is 0. The van der Waals surface area contributed by atoms with Gasteiger partial charge in [0.2, 0.25) is 5.95 Å². The second-order valence-electron chi connectivity index (χ2n) is 3.35. The minimum atomic E-state index is -0.615. The summed E-state index contributed by atoms with van der Waals surface area (Å²) in [4.78, 5) is 18.6. The maximum Gasteiger partial charge on any atom is 0.352 e. The first-order valence-corrected chi connectivity index (χ1v) is 4.76. The fourth-order valence-corrected chi connectivity index (χ4v) is 1.41. The lowest BCUT2D eigenvalue weighted by Crippen LogP contribution is -2.30. The third-order valence-corrected chi connectivity index (χ3v) is 2.15. The first-order chi connectivity index (χ1) is 7.69. The Balaban J connectivity index is 2.02. The Hall–Kier alpha value is -1.51. The van der Waals surface area contributed by atoms with Crippen LogP contribution in [0.25, 0.3) is 0 Å². The Morgan fingerprint density at radius 2 is 2.50 bits per heavy atom. The molecular formula is C8H12N4O4. The highest BCUT2D eigenvalue weighted by molar-refractivity contribution is 5.09. The van der Waals surface area contributed by atoms with Gasteiger partial charge in [0.15, 0.2) is 6.29 Å². The Labute approximate surface area is 90.6 Å². The van der Waals surface area contributed by atoms with Crippen molar-refractivity contribution in [1.82, 2.24) is 14.5 Å². The number of nitrogens with zero attached hydrogens (tertiary/aromatic N) is 3. The standard InChI is InChI=1S/C8H12N4O4/c9-7-10-4-12(8(14)11-7)1-5-3-15-6(2-13)16-5/h4-6,13H,1-3H2,(H2,9,11,14)/t5-,6+/m1/s1. The number of ether oxygens (including phenoxy) is 2. The molecule has 0 amide bonds. The van der Waals surface area contributed by atoms with Gasteiger partial charge >= 0.3 is 5.69 Å². The second-order valence-corrected chi connectivity index (χ2v) is 3.35. The number of hydrogen-bond acceptors (Lipinski definition) is 7. The average Bonchev–Trinajstić information content (AvgIpc) is 2.70.